The van der Waals surface area contributed by atoms with E-state index in [1.165, 1.54) is 29.2 Å². The van der Waals surface area contributed by atoms with Crippen LogP contribution in [0.25, 0.3) is 0 Å². The van der Waals surface area contributed by atoms with Gasteiger partial charge in [-0.1, -0.05) is 27.5 Å². The average Bonchev–Trinajstić information content (AvgIpc) is 2.99. The Kier molecular flexibility index (Phi) is 5.24. The first-order chi connectivity index (χ1) is 12.3. The maximum atomic E-state index is 12.5. The Morgan fingerprint density at radius 2 is 1.96 bits per heavy atom. The molecule has 1 aliphatic heterocycles. The molecule has 3 rings (SSSR count). The fraction of sp³-hybridized carbons (Fsp3) is 0.176. The van der Waals surface area contributed by atoms with Crippen LogP contribution < -0.4 is 10.2 Å². The largest absolute Gasteiger partial charge is 0.324 e. The van der Waals surface area contributed by atoms with Crippen LogP contribution >= 0.6 is 27.5 Å². The highest BCUT2D eigenvalue weighted by atomic mass is 79.9. The molecule has 1 N–H and O–H groups in total. The van der Waals surface area contributed by atoms with E-state index in [4.69, 9.17) is 11.6 Å². The maximum absolute atomic E-state index is 12.5. The zero-order chi connectivity index (χ0) is 18.8. The number of nitro benzene ring substituents is 1. The van der Waals surface area contributed by atoms with E-state index in [0.717, 1.165) is 4.47 Å². The van der Waals surface area contributed by atoms with Crippen LogP contribution in [0.1, 0.15) is 6.42 Å². The van der Waals surface area contributed by atoms with Crippen molar-refractivity contribution < 1.29 is 14.5 Å². The normalized spacial score (nSPS) is 16.6. The lowest BCUT2D eigenvalue weighted by Gasteiger charge is -2.16. The molecular weight excluding hydrogens is 426 g/mol. The van der Waals surface area contributed by atoms with E-state index >= 15 is 0 Å². The first kappa shape index (κ1) is 18.3. The van der Waals surface area contributed by atoms with Gasteiger partial charge in [-0.15, -0.1) is 0 Å². The number of nitro groups is 1. The molecule has 2 aromatic carbocycles. The van der Waals surface area contributed by atoms with Crippen molar-refractivity contribution in [3.63, 3.8) is 0 Å². The molecule has 2 aromatic rings. The van der Waals surface area contributed by atoms with Crippen LogP contribution in [0, 0.1) is 16.0 Å². The van der Waals surface area contributed by atoms with Crippen LogP contribution in [0.15, 0.2) is 46.9 Å². The molecule has 0 aromatic heterocycles. The quantitative estimate of drug-likeness (QED) is 0.577. The summed E-state index contributed by atoms with van der Waals surface area (Å²) in [6.07, 6.45) is 0.0664. The lowest BCUT2D eigenvalue weighted by atomic mass is 10.1. The lowest BCUT2D eigenvalue weighted by Crippen LogP contribution is -2.28. The van der Waals surface area contributed by atoms with Crippen LogP contribution in [0.3, 0.4) is 0 Å². The second-order valence-electron chi connectivity index (χ2n) is 5.79. The summed E-state index contributed by atoms with van der Waals surface area (Å²) in [4.78, 5) is 36.4. The minimum absolute atomic E-state index is 0.0560. The number of amides is 2. The molecule has 1 fully saturated rings. The third-order valence-corrected chi connectivity index (χ3v) is 4.86. The fourth-order valence-corrected chi connectivity index (χ4v) is 3.43. The van der Waals surface area contributed by atoms with Crippen LogP contribution in [0.2, 0.25) is 5.02 Å². The number of halogens is 2. The van der Waals surface area contributed by atoms with Gasteiger partial charge in [0.15, 0.2) is 0 Å². The SMILES string of the molecule is O=C(Nc1ccc(Br)cc1Cl)[C@H]1CC(=O)N(c2ccc([N+](=O)[O-])cc2)C1. The highest BCUT2D eigenvalue weighted by Gasteiger charge is 2.35. The van der Waals surface area contributed by atoms with E-state index in [1.807, 2.05) is 0 Å². The van der Waals surface area contributed by atoms with Gasteiger partial charge in [-0.3, -0.25) is 19.7 Å². The molecule has 0 unspecified atom stereocenters. The van der Waals surface area contributed by atoms with Gasteiger partial charge in [0, 0.05) is 35.3 Å². The van der Waals surface area contributed by atoms with Gasteiger partial charge in [0.2, 0.25) is 11.8 Å². The number of anilines is 2. The molecular formula is C17H13BrClN3O4. The minimum Gasteiger partial charge on any atom is -0.324 e. The van der Waals surface area contributed by atoms with Gasteiger partial charge in [-0.05, 0) is 30.3 Å². The van der Waals surface area contributed by atoms with Crippen molar-refractivity contribution in [2.24, 2.45) is 5.92 Å². The van der Waals surface area contributed by atoms with E-state index in [-0.39, 0.29) is 30.5 Å². The van der Waals surface area contributed by atoms with E-state index in [0.29, 0.717) is 16.4 Å². The van der Waals surface area contributed by atoms with E-state index in [1.54, 1.807) is 18.2 Å². The average molecular weight is 439 g/mol. The number of carbonyl (C=O) groups is 2. The summed E-state index contributed by atoms with van der Waals surface area (Å²) >= 11 is 9.39. The Labute approximate surface area is 162 Å². The first-order valence-electron chi connectivity index (χ1n) is 7.66. The maximum Gasteiger partial charge on any atom is 0.269 e. The van der Waals surface area contributed by atoms with E-state index in [9.17, 15) is 19.7 Å². The molecule has 2 amide bonds. The van der Waals surface area contributed by atoms with Gasteiger partial charge in [0.25, 0.3) is 5.69 Å². The third-order valence-electron chi connectivity index (χ3n) is 4.06. The van der Waals surface area contributed by atoms with Gasteiger partial charge in [-0.2, -0.15) is 0 Å². The second kappa shape index (κ2) is 7.43. The number of nitrogens with zero attached hydrogens (tertiary/aromatic N) is 2. The molecule has 0 aliphatic carbocycles. The Bertz CT molecular complexity index is 888. The van der Waals surface area contributed by atoms with Crippen molar-refractivity contribution in [2.45, 2.75) is 6.42 Å². The molecule has 1 aliphatic rings. The molecule has 0 radical (unpaired) electrons. The van der Waals surface area contributed by atoms with Gasteiger partial charge >= 0.3 is 0 Å². The zero-order valence-electron chi connectivity index (χ0n) is 13.3. The number of hydrogen-bond donors (Lipinski definition) is 1. The molecule has 0 spiro atoms. The minimum atomic E-state index is -0.530. The van der Waals surface area contributed by atoms with Crippen molar-refractivity contribution in [2.75, 3.05) is 16.8 Å². The Hall–Kier alpha value is -2.45. The van der Waals surface area contributed by atoms with Gasteiger partial charge in [0.05, 0.1) is 21.6 Å². The van der Waals surface area contributed by atoms with Crippen LogP contribution in [0.4, 0.5) is 17.1 Å². The van der Waals surface area contributed by atoms with E-state index in [2.05, 4.69) is 21.2 Å². The van der Waals surface area contributed by atoms with Crippen molar-refractivity contribution in [1.82, 2.24) is 0 Å². The molecule has 0 saturated carbocycles. The topological polar surface area (TPSA) is 92.6 Å². The van der Waals surface area contributed by atoms with Crippen molar-refractivity contribution in [3.8, 4) is 0 Å². The summed E-state index contributed by atoms with van der Waals surface area (Å²) in [7, 11) is 0. The van der Waals surface area contributed by atoms with Gasteiger partial charge in [-0.25, -0.2) is 0 Å². The van der Waals surface area contributed by atoms with Gasteiger partial charge < -0.3 is 10.2 Å². The standard InChI is InChI=1S/C17H13BrClN3O4/c18-11-1-6-15(14(19)8-11)20-17(24)10-7-16(23)21(9-10)12-2-4-13(5-3-12)22(25)26/h1-6,8,10H,7,9H2,(H,20,24)/t10-/m0/s1. The summed E-state index contributed by atoms with van der Waals surface area (Å²) in [6.45, 7) is 0.205. The van der Waals surface area contributed by atoms with Crippen molar-refractivity contribution in [1.29, 1.82) is 0 Å². The summed E-state index contributed by atoms with van der Waals surface area (Å²) < 4.78 is 0.792. The fourth-order valence-electron chi connectivity index (χ4n) is 2.71. The van der Waals surface area contributed by atoms with Gasteiger partial charge in [0.1, 0.15) is 0 Å². The van der Waals surface area contributed by atoms with Crippen molar-refractivity contribution >= 4 is 56.4 Å². The van der Waals surface area contributed by atoms with Crippen LogP contribution in [-0.2, 0) is 9.59 Å². The predicted octanol–water partition coefficient (Wildman–Crippen LogP) is 4.00. The Balaban J connectivity index is 1.70. The summed E-state index contributed by atoms with van der Waals surface area (Å²) in [5, 5.41) is 13.8. The number of nitrogens with one attached hydrogen (secondary N) is 1. The number of hydrogen-bond acceptors (Lipinski definition) is 4. The Morgan fingerprint density at radius 1 is 1.27 bits per heavy atom. The second-order valence-corrected chi connectivity index (χ2v) is 7.12. The summed E-state index contributed by atoms with van der Waals surface area (Å²) in [6, 6.07) is 10.8. The van der Waals surface area contributed by atoms with Crippen LogP contribution in [-0.4, -0.2) is 23.3 Å². The third kappa shape index (κ3) is 3.86. The highest BCUT2D eigenvalue weighted by Crippen LogP contribution is 2.29. The molecule has 0 bridgehead atoms. The number of non-ortho nitro benzene ring substituents is 1. The zero-order valence-corrected chi connectivity index (χ0v) is 15.7. The Morgan fingerprint density at radius 3 is 2.58 bits per heavy atom. The van der Waals surface area contributed by atoms with Crippen molar-refractivity contribution in [3.05, 3.63) is 62.1 Å². The summed E-state index contributed by atoms with van der Waals surface area (Å²) in [5.74, 6) is -1.04. The van der Waals surface area contributed by atoms with Crippen LogP contribution in [0.5, 0.6) is 0 Å². The molecule has 7 nitrogen and oxygen atoms in total. The van der Waals surface area contributed by atoms with E-state index < -0.39 is 10.8 Å². The molecule has 1 saturated heterocycles. The number of benzene rings is 2. The number of carbonyl (C=O) groups excluding carboxylic acids is 2. The molecule has 1 atom stereocenters. The lowest BCUT2D eigenvalue weighted by molar-refractivity contribution is -0.384. The first-order valence-corrected chi connectivity index (χ1v) is 8.83. The summed E-state index contributed by atoms with van der Waals surface area (Å²) in [5.41, 5.74) is 0.943. The highest BCUT2D eigenvalue weighted by molar-refractivity contribution is 9.10. The molecule has 9 heteroatoms. The monoisotopic (exact) mass is 437 g/mol. The number of rotatable bonds is 4. The molecule has 26 heavy (non-hydrogen) atoms. The smallest absolute Gasteiger partial charge is 0.269 e. The molecule has 134 valence electrons. The molecule has 1 heterocycles. The predicted molar refractivity (Wildman–Crippen MR) is 101 cm³/mol.